The quantitative estimate of drug-likeness (QED) is 0.770. The van der Waals surface area contributed by atoms with Gasteiger partial charge in [-0.3, -0.25) is 0 Å². The maximum atomic E-state index is 9.46. The van der Waals surface area contributed by atoms with Crippen LogP contribution in [-0.2, 0) is 6.54 Å². The molecule has 0 atom stereocenters. The molecule has 1 aliphatic heterocycles. The molecule has 6 heteroatoms. The summed E-state index contributed by atoms with van der Waals surface area (Å²) in [5.41, 5.74) is 6.31. The van der Waals surface area contributed by atoms with Crippen molar-refractivity contribution in [2.75, 3.05) is 23.7 Å². The number of nitrogens with two attached hydrogens (primary N) is 1. The Morgan fingerprint density at radius 1 is 1.53 bits per heavy atom. The van der Waals surface area contributed by atoms with Gasteiger partial charge in [0.2, 0.25) is 0 Å². The normalized spacial score (nSPS) is 17.1. The van der Waals surface area contributed by atoms with Crippen molar-refractivity contribution in [3.63, 3.8) is 0 Å². The first-order valence-corrected chi connectivity index (χ1v) is 5.86. The number of hydrogen-bond acceptors (Lipinski definition) is 5. The fourth-order valence-electron chi connectivity index (χ4n) is 2.11. The first-order valence-electron chi connectivity index (χ1n) is 5.86. The van der Waals surface area contributed by atoms with E-state index < -0.39 is 0 Å². The summed E-state index contributed by atoms with van der Waals surface area (Å²) >= 11 is 0. The van der Waals surface area contributed by atoms with Crippen molar-refractivity contribution in [2.24, 2.45) is 0 Å². The minimum absolute atomic E-state index is 0.234. The number of anilines is 2. The molecule has 1 aromatic heterocycles. The number of rotatable bonds is 2. The summed E-state index contributed by atoms with van der Waals surface area (Å²) in [6, 6.07) is 2.11. The molecule has 0 aliphatic carbocycles. The third kappa shape index (κ3) is 2.06. The zero-order valence-electron chi connectivity index (χ0n) is 9.93. The number of nitrogens with zero attached hydrogens (tertiary/aromatic N) is 4. The Morgan fingerprint density at radius 3 is 2.71 bits per heavy atom. The van der Waals surface area contributed by atoms with Crippen molar-refractivity contribution in [3.8, 4) is 6.07 Å². The lowest BCUT2D eigenvalue weighted by atomic mass is 10.1. The highest BCUT2D eigenvalue weighted by Crippen LogP contribution is 2.26. The van der Waals surface area contributed by atoms with Crippen molar-refractivity contribution in [1.82, 2.24) is 9.78 Å². The molecule has 17 heavy (non-hydrogen) atoms. The van der Waals surface area contributed by atoms with Crippen LogP contribution in [-0.4, -0.2) is 34.1 Å². The Balaban J connectivity index is 2.29. The number of hydrogen-bond donors (Lipinski definition) is 2. The maximum absolute atomic E-state index is 9.46. The van der Waals surface area contributed by atoms with E-state index in [1.54, 1.807) is 4.68 Å². The van der Waals surface area contributed by atoms with E-state index in [1.165, 1.54) is 0 Å². The molecule has 1 aliphatic rings. The van der Waals surface area contributed by atoms with E-state index >= 15 is 0 Å². The fourth-order valence-corrected chi connectivity index (χ4v) is 2.11. The first-order chi connectivity index (χ1) is 8.17. The molecule has 0 spiro atoms. The molecule has 92 valence electrons. The zero-order valence-corrected chi connectivity index (χ0v) is 9.93. The molecule has 0 radical (unpaired) electrons. The predicted molar refractivity (Wildman–Crippen MR) is 64.5 cm³/mol. The molecule has 0 amide bonds. The van der Waals surface area contributed by atoms with Crippen molar-refractivity contribution < 1.29 is 5.11 Å². The second kappa shape index (κ2) is 4.63. The van der Waals surface area contributed by atoms with Gasteiger partial charge in [0, 0.05) is 19.6 Å². The summed E-state index contributed by atoms with van der Waals surface area (Å²) in [6.45, 7) is 4.03. The van der Waals surface area contributed by atoms with Gasteiger partial charge in [-0.1, -0.05) is 0 Å². The minimum atomic E-state index is -0.234. The molecule has 0 saturated carbocycles. The van der Waals surface area contributed by atoms with Gasteiger partial charge in [0.25, 0.3) is 0 Å². The monoisotopic (exact) mass is 235 g/mol. The first kappa shape index (κ1) is 11.7. The summed E-state index contributed by atoms with van der Waals surface area (Å²) in [6.07, 6.45) is 1.19. The molecule has 0 bridgehead atoms. The Labute approximate surface area is 100 Å². The molecule has 2 heterocycles. The van der Waals surface area contributed by atoms with Crippen LogP contribution in [0.3, 0.4) is 0 Å². The van der Waals surface area contributed by atoms with Crippen LogP contribution in [0.2, 0.25) is 0 Å². The summed E-state index contributed by atoms with van der Waals surface area (Å²) in [7, 11) is 0. The Bertz CT molecular complexity index is 439. The second-order valence-electron chi connectivity index (χ2n) is 4.23. The molecular weight excluding hydrogens is 218 g/mol. The van der Waals surface area contributed by atoms with Gasteiger partial charge in [-0.15, -0.1) is 0 Å². The van der Waals surface area contributed by atoms with E-state index in [9.17, 15) is 5.11 Å². The average Bonchev–Trinajstić information content (AvgIpc) is 2.66. The van der Waals surface area contributed by atoms with E-state index in [1.807, 2.05) is 11.8 Å². The van der Waals surface area contributed by atoms with Gasteiger partial charge in [0.05, 0.1) is 6.10 Å². The molecule has 0 aromatic carbocycles. The lowest BCUT2D eigenvalue weighted by Gasteiger charge is -2.29. The zero-order chi connectivity index (χ0) is 12.4. The van der Waals surface area contributed by atoms with Crippen LogP contribution >= 0.6 is 0 Å². The van der Waals surface area contributed by atoms with E-state index in [0.717, 1.165) is 13.1 Å². The number of aryl methyl sites for hydroxylation is 1. The van der Waals surface area contributed by atoms with Crippen molar-refractivity contribution in [3.05, 3.63) is 5.56 Å². The molecule has 1 aromatic rings. The standard InChI is InChI=1S/C11H17N5O/c1-2-16-10(13)9(7-12)11(14-16)15-5-3-8(17)4-6-15/h8,17H,2-6,13H2,1H3. The Hall–Kier alpha value is -1.74. The maximum Gasteiger partial charge on any atom is 0.170 e. The van der Waals surface area contributed by atoms with Crippen LogP contribution in [0.25, 0.3) is 0 Å². The summed E-state index contributed by atoms with van der Waals surface area (Å²) in [5.74, 6) is 1.08. The fraction of sp³-hybridized carbons (Fsp3) is 0.636. The third-order valence-corrected chi connectivity index (χ3v) is 3.15. The Morgan fingerprint density at radius 2 is 2.18 bits per heavy atom. The van der Waals surface area contributed by atoms with Crippen molar-refractivity contribution in [2.45, 2.75) is 32.4 Å². The highest BCUT2D eigenvalue weighted by Gasteiger charge is 2.24. The van der Waals surface area contributed by atoms with Crippen LogP contribution < -0.4 is 10.6 Å². The molecular formula is C11H17N5O. The van der Waals surface area contributed by atoms with Gasteiger partial charge < -0.3 is 15.7 Å². The van der Waals surface area contributed by atoms with Gasteiger partial charge in [0.15, 0.2) is 5.82 Å². The van der Waals surface area contributed by atoms with Gasteiger partial charge >= 0.3 is 0 Å². The number of piperidine rings is 1. The molecule has 6 nitrogen and oxygen atoms in total. The lowest BCUT2D eigenvalue weighted by Crippen LogP contribution is -2.36. The number of aliphatic hydroxyl groups is 1. The number of aliphatic hydroxyl groups excluding tert-OH is 1. The average molecular weight is 235 g/mol. The van der Waals surface area contributed by atoms with E-state index in [0.29, 0.717) is 36.6 Å². The summed E-state index contributed by atoms with van der Waals surface area (Å²) in [5, 5.41) is 23.0. The van der Waals surface area contributed by atoms with E-state index in [2.05, 4.69) is 11.2 Å². The highest BCUT2D eigenvalue weighted by atomic mass is 16.3. The molecule has 1 saturated heterocycles. The van der Waals surface area contributed by atoms with Gasteiger partial charge in [-0.2, -0.15) is 10.4 Å². The third-order valence-electron chi connectivity index (χ3n) is 3.15. The van der Waals surface area contributed by atoms with E-state index in [4.69, 9.17) is 11.0 Å². The van der Waals surface area contributed by atoms with Crippen LogP contribution in [0.1, 0.15) is 25.3 Å². The van der Waals surface area contributed by atoms with Crippen LogP contribution in [0, 0.1) is 11.3 Å². The minimum Gasteiger partial charge on any atom is -0.393 e. The van der Waals surface area contributed by atoms with Crippen molar-refractivity contribution in [1.29, 1.82) is 5.26 Å². The van der Waals surface area contributed by atoms with Crippen LogP contribution in [0.4, 0.5) is 11.6 Å². The Kier molecular flexibility index (Phi) is 3.20. The highest BCUT2D eigenvalue weighted by molar-refractivity contribution is 5.65. The topological polar surface area (TPSA) is 91.1 Å². The van der Waals surface area contributed by atoms with Crippen LogP contribution in [0.15, 0.2) is 0 Å². The smallest absolute Gasteiger partial charge is 0.170 e. The number of aromatic nitrogens is 2. The molecule has 2 rings (SSSR count). The summed E-state index contributed by atoms with van der Waals surface area (Å²) in [4.78, 5) is 2.02. The largest absolute Gasteiger partial charge is 0.393 e. The second-order valence-corrected chi connectivity index (χ2v) is 4.23. The lowest BCUT2D eigenvalue weighted by molar-refractivity contribution is 0.145. The predicted octanol–water partition coefficient (Wildman–Crippen LogP) is 0.318. The molecule has 3 N–H and O–H groups in total. The van der Waals surface area contributed by atoms with Gasteiger partial charge in [-0.25, -0.2) is 4.68 Å². The van der Waals surface area contributed by atoms with Crippen LogP contribution in [0.5, 0.6) is 0 Å². The molecule has 0 unspecified atom stereocenters. The van der Waals surface area contributed by atoms with Gasteiger partial charge in [0.1, 0.15) is 17.5 Å². The number of nitriles is 1. The van der Waals surface area contributed by atoms with E-state index in [-0.39, 0.29) is 6.10 Å². The van der Waals surface area contributed by atoms with Crippen molar-refractivity contribution >= 4 is 11.6 Å². The SMILES string of the molecule is CCn1nc(N2CCC(O)CC2)c(C#N)c1N. The molecule has 1 fully saturated rings. The van der Waals surface area contributed by atoms with Gasteiger partial charge in [-0.05, 0) is 19.8 Å². The summed E-state index contributed by atoms with van der Waals surface area (Å²) < 4.78 is 1.64. The number of nitrogen functional groups attached to an aromatic ring is 1.